The number of phenols is 1. The highest BCUT2D eigenvalue weighted by atomic mass is 35.5. The molecule has 0 aliphatic rings. The van der Waals surface area contributed by atoms with Gasteiger partial charge in [-0.05, 0) is 40.3 Å². The predicted molar refractivity (Wildman–Crippen MR) is 88.0 cm³/mol. The Labute approximate surface area is 135 Å². The molecule has 0 heterocycles. The molecule has 0 radical (unpaired) electrons. The second-order valence-corrected chi connectivity index (χ2v) is 6.83. The Morgan fingerprint density at radius 1 is 1.14 bits per heavy atom. The first kappa shape index (κ1) is 16.4. The Morgan fingerprint density at radius 2 is 1.73 bits per heavy atom. The average molecular weight is 319 g/mol. The Morgan fingerprint density at radius 3 is 2.23 bits per heavy atom. The summed E-state index contributed by atoms with van der Waals surface area (Å²) in [6.07, 6.45) is 0.452. The van der Waals surface area contributed by atoms with E-state index < -0.39 is 5.97 Å². The van der Waals surface area contributed by atoms with E-state index in [2.05, 4.69) is 0 Å². The fourth-order valence-corrected chi connectivity index (χ4v) is 2.37. The summed E-state index contributed by atoms with van der Waals surface area (Å²) in [6.45, 7) is 6.03. The number of hydrogen-bond acceptors (Lipinski definition) is 2. The lowest BCUT2D eigenvalue weighted by atomic mass is 9.84. The van der Waals surface area contributed by atoms with Gasteiger partial charge in [-0.1, -0.05) is 50.6 Å². The van der Waals surface area contributed by atoms with Crippen LogP contribution in [0.4, 0.5) is 0 Å². The highest BCUT2D eigenvalue weighted by molar-refractivity contribution is 6.30. The number of carboxylic acid groups (broad SMARTS) is 1. The lowest BCUT2D eigenvalue weighted by molar-refractivity contribution is 0.0693. The van der Waals surface area contributed by atoms with Crippen molar-refractivity contribution in [1.82, 2.24) is 0 Å². The number of carbonyl (C=O) groups is 1. The van der Waals surface area contributed by atoms with Gasteiger partial charge in [0.2, 0.25) is 0 Å². The topological polar surface area (TPSA) is 57.5 Å². The third-order valence-corrected chi connectivity index (χ3v) is 3.85. The molecular formula is C18H19ClO3. The molecule has 0 saturated carbocycles. The van der Waals surface area contributed by atoms with Gasteiger partial charge >= 0.3 is 5.97 Å². The Balaban J connectivity index is 2.51. The minimum atomic E-state index is -1.12. The summed E-state index contributed by atoms with van der Waals surface area (Å²) >= 11 is 5.87. The molecule has 0 saturated heterocycles. The van der Waals surface area contributed by atoms with Gasteiger partial charge in [0.05, 0.1) is 0 Å². The molecule has 0 amide bonds. The van der Waals surface area contributed by atoms with Crippen molar-refractivity contribution in [3.63, 3.8) is 0 Å². The molecular weight excluding hydrogens is 300 g/mol. The van der Waals surface area contributed by atoms with Gasteiger partial charge in [-0.2, -0.15) is 0 Å². The highest BCUT2D eigenvalue weighted by Gasteiger charge is 2.21. The highest BCUT2D eigenvalue weighted by Crippen LogP contribution is 2.32. The van der Waals surface area contributed by atoms with Crippen molar-refractivity contribution in [2.45, 2.75) is 32.6 Å². The molecule has 2 aromatic rings. The second-order valence-electron chi connectivity index (χ2n) is 6.39. The van der Waals surface area contributed by atoms with Crippen LogP contribution >= 0.6 is 11.6 Å². The number of aromatic hydroxyl groups is 1. The van der Waals surface area contributed by atoms with E-state index in [1.807, 2.05) is 39.0 Å². The molecule has 3 nitrogen and oxygen atoms in total. The minimum Gasteiger partial charge on any atom is -0.507 e. The van der Waals surface area contributed by atoms with E-state index in [1.165, 1.54) is 0 Å². The number of aromatic carboxylic acids is 1. The van der Waals surface area contributed by atoms with Crippen molar-refractivity contribution in [2.75, 3.05) is 0 Å². The number of hydrogen-bond donors (Lipinski definition) is 2. The van der Waals surface area contributed by atoms with Crippen LogP contribution in [-0.4, -0.2) is 16.2 Å². The van der Waals surface area contributed by atoms with Crippen LogP contribution < -0.4 is 0 Å². The van der Waals surface area contributed by atoms with Crippen LogP contribution in [0.15, 0.2) is 36.4 Å². The number of carboxylic acids is 1. The molecule has 0 aliphatic carbocycles. The van der Waals surface area contributed by atoms with Gasteiger partial charge in [-0.15, -0.1) is 0 Å². The SMILES string of the molecule is CC(C)(C)c1cc(Cc2ccc(Cl)cc2)c(O)c(C(=O)O)c1. The van der Waals surface area contributed by atoms with E-state index in [4.69, 9.17) is 11.6 Å². The molecule has 2 N–H and O–H groups in total. The average Bonchev–Trinajstić information content (AvgIpc) is 2.42. The summed E-state index contributed by atoms with van der Waals surface area (Å²) < 4.78 is 0. The monoisotopic (exact) mass is 318 g/mol. The number of halogens is 1. The maximum Gasteiger partial charge on any atom is 0.339 e. The van der Waals surface area contributed by atoms with Crippen LogP contribution in [0.5, 0.6) is 5.75 Å². The van der Waals surface area contributed by atoms with Gasteiger partial charge in [0.1, 0.15) is 11.3 Å². The summed E-state index contributed by atoms with van der Waals surface area (Å²) in [5.41, 5.74) is 2.18. The Hall–Kier alpha value is -2.00. The van der Waals surface area contributed by atoms with Crippen molar-refractivity contribution in [2.24, 2.45) is 0 Å². The van der Waals surface area contributed by atoms with E-state index in [0.29, 0.717) is 17.0 Å². The fraction of sp³-hybridized carbons (Fsp3) is 0.278. The van der Waals surface area contributed by atoms with Crippen molar-refractivity contribution in [3.05, 3.63) is 63.7 Å². The number of rotatable bonds is 3. The fourth-order valence-electron chi connectivity index (χ4n) is 2.25. The third kappa shape index (κ3) is 3.60. The molecule has 0 bridgehead atoms. The summed E-state index contributed by atoms with van der Waals surface area (Å²) in [5, 5.41) is 20.2. The summed E-state index contributed by atoms with van der Waals surface area (Å²) in [4.78, 5) is 11.4. The lowest BCUT2D eigenvalue weighted by Crippen LogP contribution is -2.13. The molecule has 0 spiro atoms. The Bertz CT molecular complexity index is 698. The van der Waals surface area contributed by atoms with Crippen LogP contribution in [0.3, 0.4) is 0 Å². The van der Waals surface area contributed by atoms with Crippen LogP contribution in [0.25, 0.3) is 0 Å². The van der Waals surface area contributed by atoms with E-state index in [1.54, 1.807) is 18.2 Å². The molecule has 116 valence electrons. The van der Waals surface area contributed by atoms with Crippen LogP contribution in [0.2, 0.25) is 5.02 Å². The first-order valence-corrected chi connectivity index (χ1v) is 7.40. The zero-order valence-corrected chi connectivity index (χ0v) is 13.6. The predicted octanol–water partition coefficient (Wildman–Crippen LogP) is 4.63. The molecule has 22 heavy (non-hydrogen) atoms. The largest absolute Gasteiger partial charge is 0.507 e. The van der Waals surface area contributed by atoms with Crippen LogP contribution in [-0.2, 0) is 11.8 Å². The summed E-state index contributed by atoms with van der Waals surface area (Å²) in [6, 6.07) is 10.7. The summed E-state index contributed by atoms with van der Waals surface area (Å²) in [5.74, 6) is -1.29. The van der Waals surface area contributed by atoms with Crippen molar-refractivity contribution < 1.29 is 15.0 Å². The van der Waals surface area contributed by atoms with Crippen LogP contribution in [0.1, 0.15) is 47.8 Å². The van der Waals surface area contributed by atoms with Gasteiger partial charge in [-0.3, -0.25) is 0 Å². The van der Waals surface area contributed by atoms with Gasteiger partial charge in [0, 0.05) is 11.4 Å². The van der Waals surface area contributed by atoms with E-state index in [0.717, 1.165) is 11.1 Å². The van der Waals surface area contributed by atoms with Gasteiger partial charge in [0.25, 0.3) is 0 Å². The molecule has 0 atom stereocenters. The quantitative estimate of drug-likeness (QED) is 0.867. The van der Waals surface area contributed by atoms with E-state index in [-0.39, 0.29) is 16.7 Å². The molecule has 2 rings (SSSR count). The molecule has 0 aromatic heterocycles. The van der Waals surface area contributed by atoms with Crippen molar-refractivity contribution >= 4 is 17.6 Å². The second kappa shape index (κ2) is 6.01. The van der Waals surface area contributed by atoms with Gasteiger partial charge in [0.15, 0.2) is 0 Å². The van der Waals surface area contributed by atoms with Gasteiger partial charge < -0.3 is 10.2 Å². The zero-order chi connectivity index (χ0) is 16.5. The van der Waals surface area contributed by atoms with E-state index >= 15 is 0 Å². The molecule has 0 unspecified atom stereocenters. The maximum absolute atomic E-state index is 11.4. The standard InChI is InChI=1S/C18H19ClO3/c1-18(2,3)13-9-12(16(20)15(10-13)17(21)22)8-11-4-6-14(19)7-5-11/h4-7,9-10,20H,8H2,1-3H3,(H,21,22). The normalized spacial score (nSPS) is 11.5. The minimum absolute atomic E-state index is 0.0589. The number of benzene rings is 2. The summed E-state index contributed by atoms with van der Waals surface area (Å²) in [7, 11) is 0. The third-order valence-electron chi connectivity index (χ3n) is 3.59. The van der Waals surface area contributed by atoms with Crippen molar-refractivity contribution in [3.8, 4) is 5.75 Å². The first-order valence-electron chi connectivity index (χ1n) is 7.02. The molecule has 4 heteroatoms. The van der Waals surface area contributed by atoms with Crippen LogP contribution in [0, 0.1) is 0 Å². The Kier molecular flexibility index (Phi) is 4.47. The maximum atomic E-state index is 11.4. The molecule has 0 fully saturated rings. The molecule has 0 aliphatic heterocycles. The first-order chi connectivity index (χ1) is 10.2. The van der Waals surface area contributed by atoms with Gasteiger partial charge in [-0.25, -0.2) is 4.79 Å². The zero-order valence-electron chi connectivity index (χ0n) is 12.9. The smallest absolute Gasteiger partial charge is 0.339 e. The van der Waals surface area contributed by atoms with Crippen molar-refractivity contribution in [1.29, 1.82) is 0 Å². The van der Waals surface area contributed by atoms with E-state index in [9.17, 15) is 15.0 Å². The molecule has 2 aromatic carbocycles. The lowest BCUT2D eigenvalue weighted by Gasteiger charge is -2.21.